The van der Waals surface area contributed by atoms with E-state index in [1.54, 1.807) is 0 Å². The molecule has 0 bridgehead atoms. The fraction of sp³-hybridized carbons (Fsp3) is 0.636. The molecule has 21 heavy (non-hydrogen) atoms. The first kappa shape index (κ1) is 16.5. The van der Waals surface area contributed by atoms with Gasteiger partial charge in [-0.25, -0.2) is 9.18 Å². The number of halogens is 1. The summed E-state index contributed by atoms with van der Waals surface area (Å²) in [5.41, 5.74) is 4.71. The molecular formula is C11H17FN3O4PS. The minimum absolute atomic E-state index is 0.0491. The first-order valence-corrected chi connectivity index (χ1v) is 9.67. The molecule has 0 unspecified atom stereocenters. The van der Waals surface area contributed by atoms with E-state index in [-0.39, 0.29) is 12.4 Å². The average Bonchev–Trinajstić information content (AvgIpc) is 2.64. The molecule has 118 valence electrons. The predicted octanol–water partition coefficient (Wildman–Crippen LogP) is 0.693. The van der Waals surface area contributed by atoms with Gasteiger partial charge < -0.3 is 15.4 Å². The molecule has 0 saturated carbocycles. The molecule has 1 saturated heterocycles. The Morgan fingerprint density at radius 2 is 2.29 bits per heavy atom. The zero-order valence-corrected chi connectivity index (χ0v) is 13.3. The predicted molar refractivity (Wildman–Crippen MR) is 79.6 cm³/mol. The Labute approximate surface area is 125 Å². The zero-order chi connectivity index (χ0) is 15.8. The third-order valence-corrected chi connectivity index (χ3v) is 5.27. The molecule has 1 aliphatic rings. The summed E-state index contributed by atoms with van der Waals surface area (Å²) in [6.45, 7) is 2.83. The number of aromatic nitrogens is 2. The Morgan fingerprint density at radius 1 is 1.62 bits per heavy atom. The maximum atomic E-state index is 14.2. The number of nitrogens with two attached hydrogens (primary N) is 1. The van der Waals surface area contributed by atoms with Crippen molar-refractivity contribution in [3.8, 4) is 0 Å². The molecular weight excluding hydrogens is 320 g/mol. The van der Waals surface area contributed by atoms with Gasteiger partial charge in [0.2, 0.25) is 0 Å². The van der Waals surface area contributed by atoms with E-state index in [1.165, 1.54) is 25.6 Å². The van der Waals surface area contributed by atoms with Gasteiger partial charge in [0.05, 0.1) is 11.9 Å². The van der Waals surface area contributed by atoms with Crippen molar-refractivity contribution in [2.45, 2.75) is 22.9 Å². The van der Waals surface area contributed by atoms with E-state index in [0.717, 1.165) is 16.3 Å². The van der Waals surface area contributed by atoms with Crippen molar-refractivity contribution in [1.82, 2.24) is 9.55 Å². The highest BCUT2D eigenvalue weighted by Crippen LogP contribution is 2.45. The van der Waals surface area contributed by atoms with Crippen LogP contribution in [-0.2, 0) is 9.09 Å². The summed E-state index contributed by atoms with van der Waals surface area (Å²) in [4.78, 5) is 15.3. The van der Waals surface area contributed by atoms with Crippen LogP contribution >= 0.6 is 19.1 Å². The van der Waals surface area contributed by atoms with Crippen LogP contribution in [-0.4, -0.2) is 52.1 Å². The largest absolute Gasteiger partial charge is 0.389 e. The summed E-state index contributed by atoms with van der Waals surface area (Å²) < 4.78 is 32.0. The topological polar surface area (TPSA) is 107 Å². The van der Waals surface area contributed by atoms with E-state index >= 15 is 0 Å². The van der Waals surface area contributed by atoms with Gasteiger partial charge in [0.15, 0.2) is 13.5 Å². The molecule has 10 heteroatoms. The molecule has 1 fully saturated rings. The minimum atomic E-state index is -2.72. The summed E-state index contributed by atoms with van der Waals surface area (Å²) >= 11 is 1.05. The monoisotopic (exact) mass is 337 g/mol. The van der Waals surface area contributed by atoms with Gasteiger partial charge >= 0.3 is 5.69 Å². The molecule has 0 spiro atoms. The molecule has 4 atom stereocenters. The molecule has 7 nitrogen and oxygen atoms in total. The van der Waals surface area contributed by atoms with Crippen molar-refractivity contribution in [2.24, 2.45) is 0 Å². The SMILES string of the molecule is CP(C)(=O)OC[C@H]1S[C@@H](n2ccc(N)nc2=O)[C@@H](F)[C@@H]1O. The van der Waals surface area contributed by atoms with E-state index in [2.05, 4.69) is 4.98 Å². The third kappa shape index (κ3) is 3.85. The standard InChI is InChI=1S/C11H17FN3O4PS/c1-20(2,18)19-5-6-9(16)8(12)10(21-6)15-4-3-7(13)14-11(15)17/h3-4,6,8-10,16H,5H2,1-2H3,(H2,13,14,17)/t6-,8+,9-,10-/m1/s1. The second-order valence-electron chi connectivity index (χ2n) is 5.09. The van der Waals surface area contributed by atoms with E-state index in [9.17, 15) is 18.9 Å². The molecule has 1 aromatic rings. The molecule has 2 rings (SSSR count). The van der Waals surface area contributed by atoms with Crippen LogP contribution in [0.2, 0.25) is 0 Å². The molecule has 3 N–H and O–H groups in total. The Bertz CT molecular complexity index is 622. The number of nitrogen functional groups attached to an aromatic ring is 1. The number of aliphatic hydroxyl groups is 1. The lowest BCUT2D eigenvalue weighted by atomic mass is 10.1. The smallest absolute Gasteiger partial charge is 0.350 e. The van der Waals surface area contributed by atoms with Crippen molar-refractivity contribution >= 4 is 24.9 Å². The Balaban J connectivity index is 2.16. The quantitative estimate of drug-likeness (QED) is 0.778. The van der Waals surface area contributed by atoms with Crippen molar-refractivity contribution < 1.29 is 18.6 Å². The number of aliphatic hydroxyl groups excluding tert-OH is 1. The first-order valence-electron chi connectivity index (χ1n) is 6.21. The maximum Gasteiger partial charge on any atom is 0.350 e. The normalized spacial score (nSPS) is 29.7. The Morgan fingerprint density at radius 3 is 2.86 bits per heavy atom. The number of hydrogen-bond acceptors (Lipinski definition) is 7. The fourth-order valence-corrected chi connectivity index (χ4v) is 3.98. The number of nitrogens with zero attached hydrogens (tertiary/aromatic N) is 2. The van der Waals surface area contributed by atoms with Gasteiger partial charge in [-0.15, -0.1) is 11.8 Å². The summed E-state index contributed by atoms with van der Waals surface area (Å²) in [5, 5.41) is 8.38. The number of hydrogen-bond donors (Lipinski definition) is 2. The lowest BCUT2D eigenvalue weighted by Gasteiger charge is -2.15. The van der Waals surface area contributed by atoms with Crippen LogP contribution in [0.4, 0.5) is 10.2 Å². The molecule has 0 aromatic carbocycles. The highest BCUT2D eigenvalue weighted by Gasteiger charge is 2.45. The number of anilines is 1. The summed E-state index contributed by atoms with van der Waals surface area (Å²) in [5.74, 6) is 0.0491. The van der Waals surface area contributed by atoms with Crippen LogP contribution in [0.3, 0.4) is 0 Å². The Hall–Kier alpha value is -0.890. The average molecular weight is 337 g/mol. The molecule has 0 amide bonds. The lowest BCUT2D eigenvalue weighted by Crippen LogP contribution is -2.33. The van der Waals surface area contributed by atoms with Crippen molar-refractivity contribution in [3.63, 3.8) is 0 Å². The molecule has 0 aliphatic carbocycles. The molecule has 1 aromatic heterocycles. The van der Waals surface area contributed by atoms with Crippen molar-refractivity contribution in [1.29, 1.82) is 0 Å². The number of alkyl halides is 1. The van der Waals surface area contributed by atoms with E-state index in [1.807, 2.05) is 0 Å². The van der Waals surface area contributed by atoms with Crippen LogP contribution in [0.1, 0.15) is 5.37 Å². The highest BCUT2D eigenvalue weighted by atomic mass is 32.2. The first-order chi connectivity index (χ1) is 9.69. The lowest BCUT2D eigenvalue weighted by molar-refractivity contribution is 0.0661. The second kappa shape index (κ2) is 6.08. The van der Waals surface area contributed by atoms with Gasteiger partial charge in [0, 0.05) is 19.5 Å². The van der Waals surface area contributed by atoms with Gasteiger partial charge in [0.1, 0.15) is 17.3 Å². The van der Waals surface area contributed by atoms with Crippen LogP contribution < -0.4 is 11.4 Å². The van der Waals surface area contributed by atoms with Gasteiger partial charge in [-0.05, 0) is 6.07 Å². The van der Waals surface area contributed by atoms with Gasteiger partial charge in [-0.1, -0.05) is 0 Å². The molecule has 2 heterocycles. The van der Waals surface area contributed by atoms with E-state index in [0.29, 0.717) is 0 Å². The summed E-state index contributed by atoms with van der Waals surface area (Å²) in [7, 11) is -2.72. The van der Waals surface area contributed by atoms with E-state index in [4.69, 9.17) is 10.3 Å². The second-order valence-corrected chi connectivity index (χ2v) is 9.21. The van der Waals surface area contributed by atoms with Crippen LogP contribution in [0.25, 0.3) is 0 Å². The van der Waals surface area contributed by atoms with Crippen LogP contribution in [0.5, 0.6) is 0 Å². The molecule has 1 aliphatic heterocycles. The minimum Gasteiger partial charge on any atom is -0.389 e. The third-order valence-electron chi connectivity index (χ3n) is 2.97. The summed E-state index contributed by atoms with van der Waals surface area (Å²) in [6, 6.07) is 1.39. The van der Waals surface area contributed by atoms with E-state index < -0.39 is 36.0 Å². The van der Waals surface area contributed by atoms with Gasteiger partial charge in [0.25, 0.3) is 0 Å². The van der Waals surface area contributed by atoms with Gasteiger partial charge in [-0.2, -0.15) is 4.98 Å². The number of rotatable bonds is 4. The van der Waals surface area contributed by atoms with Crippen LogP contribution in [0, 0.1) is 0 Å². The van der Waals surface area contributed by atoms with Gasteiger partial charge in [-0.3, -0.25) is 9.13 Å². The molecule has 0 radical (unpaired) electrons. The van der Waals surface area contributed by atoms with Crippen molar-refractivity contribution in [3.05, 3.63) is 22.7 Å². The van der Waals surface area contributed by atoms with Crippen molar-refractivity contribution in [2.75, 3.05) is 25.7 Å². The Kier molecular flexibility index (Phi) is 4.77. The fourth-order valence-electron chi connectivity index (χ4n) is 1.94. The van der Waals surface area contributed by atoms with Crippen LogP contribution in [0.15, 0.2) is 17.1 Å². The maximum absolute atomic E-state index is 14.2. The highest BCUT2D eigenvalue weighted by molar-refractivity contribution is 8.00. The zero-order valence-electron chi connectivity index (χ0n) is 11.5. The number of thioether (sulfide) groups is 1. The summed E-state index contributed by atoms with van der Waals surface area (Å²) in [6.07, 6.45) is -1.62.